The van der Waals surface area contributed by atoms with E-state index in [1.54, 1.807) is 54.6 Å². The third-order valence-electron chi connectivity index (χ3n) is 3.92. The van der Waals surface area contributed by atoms with Crippen molar-refractivity contribution in [2.75, 3.05) is 4.41 Å². The molecule has 1 aromatic heterocycles. The van der Waals surface area contributed by atoms with Gasteiger partial charge in [0, 0.05) is 6.20 Å². The molecule has 1 heterocycles. The van der Waals surface area contributed by atoms with Crippen LogP contribution in [0.1, 0.15) is 23.0 Å². The number of amides is 1. The second-order valence-corrected chi connectivity index (χ2v) is 7.58. The minimum Gasteiger partial charge on any atom is -1.00 e. The first-order valence-electron chi connectivity index (χ1n) is 8.65. The molecule has 1 atom stereocenters. The number of carbonyl (C=O) groups excluding carboxylic acids is 2. The number of ether oxygens (including phenoxy) is 2. The Morgan fingerprint density at radius 2 is 1.48 bits per heavy atom. The zero-order valence-corrected chi connectivity index (χ0v) is 20.9. The Hall–Kier alpha value is -1.95. The standard InChI is InChI=1S/C20H17BrN2O6S.Na.H/c21-17-11-12-22(18(17)19(24)28-13-15-7-3-1-4-8-15)23(30(26)27)20(25)29-14-16-9-5-2-6-10-16;;/h1-12H,13-14H2,(H,26,27);;/q;+1;-1/p-1. The van der Waals surface area contributed by atoms with Gasteiger partial charge in [0.25, 0.3) is 0 Å². The number of hydrogen-bond donors (Lipinski definition) is 0. The van der Waals surface area contributed by atoms with Gasteiger partial charge in [0.1, 0.15) is 13.2 Å². The van der Waals surface area contributed by atoms with Gasteiger partial charge in [-0.15, -0.1) is 4.41 Å². The summed E-state index contributed by atoms with van der Waals surface area (Å²) in [6.45, 7) is -0.153. The van der Waals surface area contributed by atoms with E-state index in [9.17, 15) is 18.4 Å². The number of nitrogens with zero attached hydrogens (tertiary/aromatic N) is 2. The number of benzene rings is 2. The van der Waals surface area contributed by atoms with Crippen LogP contribution in [0.15, 0.2) is 77.4 Å². The van der Waals surface area contributed by atoms with Crippen molar-refractivity contribution in [1.82, 2.24) is 4.68 Å². The number of hydrogen-bond acceptors (Lipinski definition) is 6. The van der Waals surface area contributed by atoms with Crippen LogP contribution in [0.4, 0.5) is 4.79 Å². The molecular formula is C20H17BrN2NaO6S-. The molecule has 8 nitrogen and oxygen atoms in total. The SMILES string of the molecule is O=C(OCc1ccccc1)c1c(Br)ccn1N(C(=O)OCc1ccccc1)S(=O)[O-].[H-].[Na+]. The van der Waals surface area contributed by atoms with Crippen LogP contribution >= 0.6 is 15.9 Å². The summed E-state index contributed by atoms with van der Waals surface area (Å²) in [6, 6.07) is 19.2. The van der Waals surface area contributed by atoms with Gasteiger partial charge < -0.3 is 15.5 Å². The van der Waals surface area contributed by atoms with E-state index in [4.69, 9.17) is 9.47 Å². The molecule has 1 unspecified atom stereocenters. The molecule has 3 rings (SSSR count). The molecule has 0 aliphatic heterocycles. The van der Waals surface area contributed by atoms with Crippen molar-refractivity contribution in [1.29, 1.82) is 0 Å². The zero-order chi connectivity index (χ0) is 21.5. The van der Waals surface area contributed by atoms with Crippen LogP contribution in [0.2, 0.25) is 0 Å². The number of esters is 1. The summed E-state index contributed by atoms with van der Waals surface area (Å²) in [6.07, 6.45) is 0.0652. The van der Waals surface area contributed by atoms with Gasteiger partial charge in [-0.25, -0.2) is 18.5 Å². The van der Waals surface area contributed by atoms with E-state index in [0.29, 0.717) is 9.98 Å². The van der Waals surface area contributed by atoms with Crippen molar-refractivity contribution in [3.63, 3.8) is 0 Å². The zero-order valence-electron chi connectivity index (χ0n) is 17.5. The number of aromatic nitrogens is 1. The van der Waals surface area contributed by atoms with Gasteiger partial charge in [-0.2, -0.15) is 0 Å². The van der Waals surface area contributed by atoms with E-state index in [0.717, 1.165) is 10.2 Å². The molecule has 0 N–H and O–H groups in total. The second-order valence-electron chi connectivity index (χ2n) is 5.95. The first-order valence-corrected chi connectivity index (χ1v) is 10.5. The molecular weight excluding hydrogens is 499 g/mol. The summed E-state index contributed by atoms with van der Waals surface area (Å²) in [7, 11) is 0. The molecule has 0 saturated carbocycles. The van der Waals surface area contributed by atoms with Crippen LogP contribution < -0.4 is 34.0 Å². The average molecular weight is 516 g/mol. The van der Waals surface area contributed by atoms with Crippen molar-refractivity contribution in [3.05, 3.63) is 94.2 Å². The summed E-state index contributed by atoms with van der Waals surface area (Å²) in [5.41, 5.74) is 1.26. The Balaban J connectivity index is 0.00000256. The molecule has 31 heavy (non-hydrogen) atoms. The summed E-state index contributed by atoms with van der Waals surface area (Å²) >= 11 is 0.132. The normalized spacial score (nSPS) is 11.2. The third-order valence-corrected chi connectivity index (χ3v) is 5.17. The summed E-state index contributed by atoms with van der Waals surface area (Å²) in [5.74, 6) is -0.818. The second kappa shape index (κ2) is 12.2. The third kappa shape index (κ3) is 6.76. The average Bonchev–Trinajstić information content (AvgIpc) is 3.12. The molecule has 1 amide bonds. The molecule has 0 saturated heterocycles. The fourth-order valence-electron chi connectivity index (χ4n) is 2.53. The molecule has 11 heteroatoms. The van der Waals surface area contributed by atoms with Crippen molar-refractivity contribution < 1.29 is 58.8 Å². The molecule has 158 valence electrons. The Morgan fingerprint density at radius 1 is 0.968 bits per heavy atom. The van der Waals surface area contributed by atoms with Gasteiger partial charge in [-0.05, 0) is 33.1 Å². The quantitative estimate of drug-likeness (QED) is 0.262. The molecule has 0 fully saturated rings. The Morgan fingerprint density at radius 3 is 2.00 bits per heavy atom. The summed E-state index contributed by atoms with van der Waals surface area (Å²) in [5, 5.41) is 0. The minimum atomic E-state index is -3.05. The molecule has 0 radical (unpaired) electrons. The van der Waals surface area contributed by atoms with Crippen LogP contribution in [0.5, 0.6) is 0 Å². The first kappa shape index (κ1) is 25.3. The maximum Gasteiger partial charge on any atom is 1.00 e. The monoisotopic (exact) mass is 515 g/mol. The van der Waals surface area contributed by atoms with Gasteiger partial charge in [0.05, 0.1) is 15.7 Å². The van der Waals surface area contributed by atoms with E-state index in [-0.39, 0.29) is 54.4 Å². The topological polar surface area (TPSA) is 101 Å². The summed E-state index contributed by atoms with van der Waals surface area (Å²) < 4.78 is 35.3. The fraction of sp³-hybridized carbons (Fsp3) is 0.100. The van der Waals surface area contributed by atoms with Gasteiger partial charge >= 0.3 is 41.6 Å². The van der Waals surface area contributed by atoms with E-state index in [2.05, 4.69) is 15.9 Å². The van der Waals surface area contributed by atoms with Gasteiger partial charge in [0.2, 0.25) is 0 Å². The largest absolute Gasteiger partial charge is 1.00 e. The molecule has 2 aromatic carbocycles. The predicted octanol–water partition coefficient (Wildman–Crippen LogP) is 0.793. The van der Waals surface area contributed by atoms with E-state index in [1.807, 2.05) is 6.07 Å². The van der Waals surface area contributed by atoms with Crippen LogP contribution in [0.3, 0.4) is 0 Å². The Labute approximate surface area is 213 Å². The van der Waals surface area contributed by atoms with Crippen molar-refractivity contribution in [2.45, 2.75) is 13.2 Å². The van der Waals surface area contributed by atoms with E-state index < -0.39 is 23.3 Å². The van der Waals surface area contributed by atoms with Gasteiger partial charge in [-0.1, -0.05) is 60.7 Å². The maximum absolute atomic E-state index is 12.6. The first-order chi connectivity index (χ1) is 14.5. The number of halogens is 1. The van der Waals surface area contributed by atoms with Gasteiger partial charge in [0.15, 0.2) is 5.69 Å². The van der Waals surface area contributed by atoms with Crippen molar-refractivity contribution in [2.24, 2.45) is 0 Å². The minimum absolute atomic E-state index is 0. The summed E-state index contributed by atoms with van der Waals surface area (Å²) in [4.78, 5) is 25.0. The number of carbonyl (C=O) groups is 2. The Kier molecular flexibility index (Phi) is 9.94. The number of rotatable bonds is 7. The van der Waals surface area contributed by atoms with Crippen LogP contribution in [-0.2, 0) is 34.0 Å². The van der Waals surface area contributed by atoms with Crippen LogP contribution in [0.25, 0.3) is 0 Å². The van der Waals surface area contributed by atoms with Crippen LogP contribution in [0, 0.1) is 0 Å². The maximum atomic E-state index is 12.6. The molecule has 0 aliphatic rings. The van der Waals surface area contributed by atoms with E-state index >= 15 is 0 Å². The molecule has 0 spiro atoms. The van der Waals surface area contributed by atoms with Crippen molar-refractivity contribution >= 4 is 39.3 Å². The molecule has 0 aliphatic carbocycles. The van der Waals surface area contributed by atoms with E-state index in [1.165, 1.54) is 12.3 Å². The smallest absolute Gasteiger partial charge is 1.00 e. The van der Waals surface area contributed by atoms with Crippen molar-refractivity contribution in [3.8, 4) is 0 Å². The Bertz CT molecular complexity index is 1050. The van der Waals surface area contributed by atoms with Gasteiger partial charge in [-0.3, -0.25) is 0 Å². The predicted molar refractivity (Wildman–Crippen MR) is 113 cm³/mol. The molecule has 0 bridgehead atoms. The fourth-order valence-corrected chi connectivity index (χ4v) is 3.44. The van der Waals surface area contributed by atoms with Crippen LogP contribution in [-0.4, -0.2) is 25.5 Å². The molecule has 3 aromatic rings.